The highest BCUT2D eigenvalue weighted by Crippen LogP contribution is 2.36. The number of hydrogen-bond donors (Lipinski definition) is 1. The summed E-state index contributed by atoms with van der Waals surface area (Å²) in [7, 11) is 0. The molecule has 0 spiro atoms. The molecular formula is C14H19NO2. The highest BCUT2D eigenvalue weighted by molar-refractivity contribution is 5.51. The Balaban J connectivity index is 1.90. The van der Waals surface area contributed by atoms with E-state index in [2.05, 4.69) is 18.3 Å². The summed E-state index contributed by atoms with van der Waals surface area (Å²) in [6.45, 7) is 4.64. The Morgan fingerprint density at radius 1 is 1.29 bits per heavy atom. The second kappa shape index (κ2) is 4.57. The van der Waals surface area contributed by atoms with Crippen molar-refractivity contribution in [3.05, 3.63) is 23.3 Å². The fourth-order valence-corrected chi connectivity index (χ4v) is 2.70. The molecule has 0 aromatic heterocycles. The van der Waals surface area contributed by atoms with Crippen molar-refractivity contribution in [2.75, 3.05) is 19.8 Å². The van der Waals surface area contributed by atoms with Crippen molar-refractivity contribution < 1.29 is 9.47 Å². The predicted molar refractivity (Wildman–Crippen MR) is 66.9 cm³/mol. The summed E-state index contributed by atoms with van der Waals surface area (Å²) in [6.07, 6.45) is 3.61. The molecule has 0 radical (unpaired) electrons. The maximum atomic E-state index is 5.79. The molecular weight excluding hydrogens is 214 g/mol. The molecule has 1 unspecified atom stereocenters. The van der Waals surface area contributed by atoms with Crippen LogP contribution in [0.25, 0.3) is 0 Å². The standard InChI is InChI=1S/C14H19NO2/c1-10-4-5-13-14(17-8-7-16-13)12(10)9-11-3-2-6-15-11/h4-5,11,15H,2-3,6-9H2,1H3. The molecule has 92 valence electrons. The fraction of sp³-hybridized carbons (Fsp3) is 0.571. The van der Waals surface area contributed by atoms with E-state index in [0.29, 0.717) is 19.3 Å². The van der Waals surface area contributed by atoms with Crippen LogP contribution in [0.2, 0.25) is 0 Å². The van der Waals surface area contributed by atoms with Crippen molar-refractivity contribution in [2.45, 2.75) is 32.2 Å². The van der Waals surface area contributed by atoms with E-state index in [1.54, 1.807) is 0 Å². The van der Waals surface area contributed by atoms with Crippen LogP contribution in [0.15, 0.2) is 12.1 Å². The van der Waals surface area contributed by atoms with E-state index < -0.39 is 0 Å². The van der Waals surface area contributed by atoms with Crippen LogP contribution < -0.4 is 14.8 Å². The maximum absolute atomic E-state index is 5.79. The van der Waals surface area contributed by atoms with Crippen molar-refractivity contribution in [1.29, 1.82) is 0 Å². The van der Waals surface area contributed by atoms with E-state index in [1.165, 1.54) is 24.0 Å². The molecule has 1 aromatic carbocycles. The van der Waals surface area contributed by atoms with Gasteiger partial charge in [0.15, 0.2) is 11.5 Å². The molecule has 0 amide bonds. The lowest BCUT2D eigenvalue weighted by molar-refractivity contribution is 0.169. The van der Waals surface area contributed by atoms with Gasteiger partial charge in [-0.25, -0.2) is 0 Å². The molecule has 17 heavy (non-hydrogen) atoms. The Bertz CT molecular complexity index is 411. The number of aryl methyl sites for hydroxylation is 1. The van der Waals surface area contributed by atoms with E-state index in [0.717, 1.165) is 24.5 Å². The molecule has 3 heteroatoms. The third kappa shape index (κ3) is 2.12. The molecule has 1 atom stereocenters. The third-order valence-corrected chi connectivity index (χ3v) is 3.66. The van der Waals surface area contributed by atoms with Crippen LogP contribution in [0.4, 0.5) is 0 Å². The zero-order valence-electron chi connectivity index (χ0n) is 10.3. The molecule has 3 nitrogen and oxygen atoms in total. The van der Waals surface area contributed by atoms with Crippen LogP contribution in [-0.2, 0) is 6.42 Å². The van der Waals surface area contributed by atoms with Crippen LogP contribution in [0.3, 0.4) is 0 Å². The Kier molecular flexibility index (Phi) is 2.93. The van der Waals surface area contributed by atoms with Gasteiger partial charge in [-0.3, -0.25) is 0 Å². The second-order valence-corrected chi connectivity index (χ2v) is 4.88. The van der Waals surface area contributed by atoms with Gasteiger partial charge in [-0.05, 0) is 44.4 Å². The van der Waals surface area contributed by atoms with Crippen molar-refractivity contribution >= 4 is 0 Å². The van der Waals surface area contributed by atoms with Gasteiger partial charge in [0.1, 0.15) is 13.2 Å². The van der Waals surface area contributed by atoms with Crippen LogP contribution in [0, 0.1) is 6.92 Å². The number of hydrogen-bond acceptors (Lipinski definition) is 3. The summed E-state index contributed by atoms with van der Waals surface area (Å²) in [4.78, 5) is 0. The molecule has 1 N–H and O–H groups in total. The number of ether oxygens (including phenoxy) is 2. The first-order valence-electron chi connectivity index (χ1n) is 6.46. The summed E-state index contributed by atoms with van der Waals surface area (Å²) in [6, 6.07) is 4.76. The van der Waals surface area contributed by atoms with Crippen molar-refractivity contribution in [2.24, 2.45) is 0 Å². The minimum Gasteiger partial charge on any atom is -0.486 e. The SMILES string of the molecule is Cc1ccc2c(c1CC1CCCN1)OCCO2. The zero-order valence-corrected chi connectivity index (χ0v) is 10.3. The first-order chi connectivity index (χ1) is 8.34. The quantitative estimate of drug-likeness (QED) is 0.848. The smallest absolute Gasteiger partial charge is 0.164 e. The topological polar surface area (TPSA) is 30.5 Å². The summed E-state index contributed by atoms with van der Waals surface area (Å²) in [5.41, 5.74) is 2.63. The van der Waals surface area contributed by atoms with E-state index in [-0.39, 0.29) is 0 Å². The lowest BCUT2D eigenvalue weighted by atomic mass is 9.98. The highest BCUT2D eigenvalue weighted by Gasteiger charge is 2.22. The van der Waals surface area contributed by atoms with E-state index >= 15 is 0 Å². The van der Waals surface area contributed by atoms with Gasteiger partial charge in [0.2, 0.25) is 0 Å². The molecule has 2 aliphatic heterocycles. The minimum atomic E-state index is 0.603. The molecule has 1 fully saturated rings. The van der Waals surface area contributed by atoms with Gasteiger partial charge in [0.25, 0.3) is 0 Å². The number of nitrogens with one attached hydrogen (secondary N) is 1. The normalized spacial score (nSPS) is 22.8. The van der Waals surface area contributed by atoms with Gasteiger partial charge in [0.05, 0.1) is 0 Å². The first kappa shape index (κ1) is 10.9. The molecule has 0 aliphatic carbocycles. The van der Waals surface area contributed by atoms with Crippen molar-refractivity contribution in [1.82, 2.24) is 5.32 Å². The summed E-state index contributed by atoms with van der Waals surface area (Å²) < 4.78 is 11.4. The van der Waals surface area contributed by atoms with Crippen LogP contribution in [0.1, 0.15) is 24.0 Å². The molecule has 3 rings (SSSR count). The monoisotopic (exact) mass is 233 g/mol. The summed E-state index contributed by atoms with van der Waals surface area (Å²) in [5, 5.41) is 3.54. The molecule has 1 aromatic rings. The lowest BCUT2D eigenvalue weighted by Crippen LogP contribution is -2.25. The number of benzene rings is 1. The lowest BCUT2D eigenvalue weighted by Gasteiger charge is -2.23. The summed E-state index contributed by atoms with van der Waals surface area (Å²) in [5.74, 6) is 1.89. The average molecular weight is 233 g/mol. The van der Waals surface area contributed by atoms with Gasteiger partial charge >= 0.3 is 0 Å². The van der Waals surface area contributed by atoms with Gasteiger partial charge in [0, 0.05) is 11.6 Å². The highest BCUT2D eigenvalue weighted by atomic mass is 16.6. The molecule has 1 saturated heterocycles. The largest absolute Gasteiger partial charge is 0.486 e. The Hall–Kier alpha value is -1.22. The summed E-state index contributed by atoms with van der Waals surface area (Å²) >= 11 is 0. The van der Waals surface area contributed by atoms with Gasteiger partial charge < -0.3 is 14.8 Å². The number of fused-ring (bicyclic) bond motifs is 1. The van der Waals surface area contributed by atoms with E-state index in [9.17, 15) is 0 Å². The maximum Gasteiger partial charge on any atom is 0.164 e. The van der Waals surface area contributed by atoms with E-state index in [1.807, 2.05) is 6.07 Å². The van der Waals surface area contributed by atoms with Crippen LogP contribution in [0.5, 0.6) is 11.5 Å². The average Bonchev–Trinajstić information content (AvgIpc) is 2.86. The first-order valence-corrected chi connectivity index (χ1v) is 6.46. The molecule has 2 aliphatic rings. The van der Waals surface area contributed by atoms with Crippen molar-refractivity contribution in [3.8, 4) is 11.5 Å². The Labute approximate surface area is 102 Å². The molecule has 2 heterocycles. The third-order valence-electron chi connectivity index (χ3n) is 3.66. The Morgan fingerprint density at radius 3 is 3.00 bits per heavy atom. The minimum absolute atomic E-state index is 0.603. The second-order valence-electron chi connectivity index (χ2n) is 4.88. The fourth-order valence-electron chi connectivity index (χ4n) is 2.70. The number of rotatable bonds is 2. The van der Waals surface area contributed by atoms with E-state index in [4.69, 9.17) is 9.47 Å². The zero-order chi connectivity index (χ0) is 11.7. The molecule has 0 saturated carbocycles. The van der Waals surface area contributed by atoms with Gasteiger partial charge in [-0.15, -0.1) is 0 Å². The van der Waals surface area contributed by atoms with Gasteiger partial charge in [-0.2, -0.15) is 0 Å². The molecule has 0 bridgehead atoms. The Morgan fingerprint density at radius 2 is 2.18 bits per heavy atom. The van der Waals surface area contributed by atoms with Crippen molar-refractivity contribution in [3.63, 3.8) is 0 Å². The predicted octanol–water partition coefficient (Wildman–Crippen LogP) is 2.06. The van der Waals surface area contributed by atoms with Gasteiger partial charge in [-0.1, -0.05) is 6.07 Å². The van der Waals surface area contributed by atoms with Crippen LogP contribution >= 0.6 is 0 Å². The van der Waals surface area contributed by atoms with Crippen LogP contribution in [-0.4, -0.2) is 25.8 Å².